The van der Waals surface area contributed by atoms with Gasteiger partial charge in [-0.25, -0.2) is 14.0 Å². The molecule has 1 rings (SSSR count). The molecule has 0 unspecified atom stereocenters. The van der Waals surface area contributed by atoms with Gasteiger partial charge in [0.2, 0.25) is 17.7 Å². The number of nitrogens with one attached hydrogen (secondary N) is 2. The first kappa shape index (κ1) is 35.9. The number of ether oxygens (including phenoxy) is 3. The van der Waals surface area contributed by atoms with Crippen LogP contribution in [0.3, 0.4) is 0 Å². The van der Waals surface area contributed by atoms with Crippen LogP contribution in [0.5, 0.6) is 5.75 Å². The fraction of sp³-hybridized carbons (Fsp3) is 0.552. The normalized spacial score (nSPS) is 14.6. The molecule has 0 heterocycles. The van der Waals surface area contributed by atoms with E-state index < -0.39 is 64.9 Å². The van der Waals surface area contributed by atoms with Gasteiger partial charge in [0.25, 0.3) is 0 Å². The Kier molecular flexibility index (Phi) is 12.5. The van der Waals surface area contributed by atoms with E-state index >= 15 is 0 Å². The minimum atomic E-state index is -1.64. The fourth-order valence-corrected chi connectivity index (χ4v) is 3.79. The van der Waals surface area contributed by atoms with Crippen molar-refractivity contribution in [3.63, 3.8) is 0 Å². The van der Waals surface area contributed by atoms with E-state index in [0.29, 0.717) is 5.56 Å². The number of carbonyl (C=O) groups excluding carboxylic acids is 5. The van der Waals surface area contributed by atoms with Crippen LogP contribution in [0.1, 0.15) is 47.1 Å². The van der Waals surface area contributed by atoms with E-state index in [-0.39, 0.29) is 12.2 Å². The first-order valence-corrected chi connectivity index (χ1v) is 13.2. The third kappa shape index (κ3) is 9.45. The first-order valence-electron chi connectivity index (χ1n) is 13.2. The van der Waals surface area contributed by atoms with Gasteiger partial charge in [0, 0.05) is 20.5 Å². The Morgan fingerprint density at radius 1 is 1.02 bits per heavy atom. The summed E-state index contributed by atoms with van der Waals surface area (Å²) in [7, 11) is 5.24. The zero-order chi connectivity index (χ0) is 32.6. The third-order valence-electron chi connectivity index (χ3n) is 6.57. The number of nitrogens with zero attached hydrogens (tertiary/aromatic N) is 2. The van der Waals surface area contributed by atoms with Crippen LogP contribution >= 0.6 is 0 Å². The standard InChI is InChI=1S/C29H43FN4O8/c1-12-29(7,32-27(39)42-28(4,5)6)26(38)31-17(2)23(35)34(9)21(24(36)33(8)18(3)25(37)41-11)16-19-13-14-22(40-10)20(30)15-19/h12-15,17-18,21H,1,16H2,2-11H3,(H,31,38)(H,32,39)/t17-,18-,21-,29-/m0/s1. The minimum Gasteiger partial charge on any atom is -0.494 e. The second-order valence-corrected chi connectivity index (χ2v) is 11.0. The van der Waals surface area contributed by atoms with Gasteiger partial charge < -0.3 is 34.6 Å². The number of rotatable bonds is 12. The van der Waals surface area contributed by atoms with Gasteiger partial charge in [0.05, 0.1) is 14.2 Å². The number of benzene rings is 1. The lowest BCUT2D eigenvalue weighted by atomic mass is 10.00. The molecule has 0 aromatic heterocycles. The SMILES string of the molecule is C=C[C@](C)(NC(=O)OC(C)(C)C)C(=O)N[C@@H](C)C(=O)N(C)[C@@H](Cc1ccc(OC)c(F)c1)C(=O)N(C)[C@@H](C)C(=O)OC. The number of carbonyl (C=O) groups is 5. The highest BCUT2D eigenvalue weighted by atomic mass is 19.1. The van der Waals surface area contributed by atoms with Crippen molar-refractivity contribution >= 4 is 29.8 Å². The molecule has 0 aliphatic rings. The van der Waals surface area contributed by atoms with E-state index in [0.717, 1.165) is 9.80 Å². The summed E-state index contributed by atoms with van der Waals surface area (Å²) >= 11 is 0. The molecule has 234 valence electrons. The molecule has 0 fully saturated rings. The molecule has 2 N–H and O–H groups in total. The summed E-state index contributed by atoms with van der Waals surface area (Å²) in [6, 6.07) is 0.773. The second kappa shape index (κ2) is 14.6. The van der Waals surface area contributed by atoms with E-state index in [1.54, 1.807) is 26.8 Å². The highest BCUT2D eigenvalue weighted by Gasteiger charge is 2.38. The van der Waals surface area contributed by atoms with Gasteiger partial charge in [-0.1, -0.05) is 12.1 Å². The van der Waals surface area contributed by atoms with Crippen molar-refractivity contribution in [2.75, 3.05) is 28.3 Å². The van der Waals surface area contributed by atoms with Crippen LogP contribution in [-0.2, 0) is 35.1 Å². The number of hydrogen-bond donors (Lipinski definition) is 2. The van der Waals surface area contributed by atoms with Gasteiger partial charge in [-0.2, -0.15) is 0 Å². The topological polar surface area (TPSA) is 144 Å². The van der Waals surface area contributed by atoms with Gasteiger partial charge in [-0.3, -0.25) is 14.4 Å². The molecule has 0 spiro atoms. The number of likely N-dealkylation sites (N-methyl/N-ethyl adjacent to an activating group) is 2. The maximum Gasteiger partial charge on any atom is 0.408 e. The average molecular weight is 595 g/mol. The molecule has 0 aliphatic carbocycles. The number of methoxy groups -OCH3 is 2. The van der Waals surface area contributed by atoms with Crippen molar-refractivity contribution in [1.82, 2.24) is 20.4 Å². The summed E-state index contributed by atoms with van der Waals surface area (Å²) in [5.41, 5.74) is -2.08. The fourth-order valence-electron chi connectivity index (χ4n) is 3.79. The van der Waals surface area contributed by atoms with Crippen molar-refractivity contribution in [2.45, 2.75) is 77.2 Å². The molecule has 12 nitrogen and oxygen atoms in total. The second-order valence-electron chi connectivity index (χ2n) is 11.0. The molecule has 0 aliphatic heterocycles. The summed E-state index contributed by atoms with van der Waals surface area (Å²) in [6.45, 7) is 12.9. The molecule has 0 saturated heterocycles. The van der Waals surface area contributed by atoms with Crippen LogP contribution in [-0.4, -0.2) is 97.2 Å². The van der Waals surface area contributed by atoms with Crippen molar-refractivity contribution in [3.05, 3.63) is 42.2 Å². The zero-order valence-electron chi connectivity index (χ0n) is 26.0. The molecule has 1 aromatic carbocycles. The van der Waals surface area contributed by atoms with E-state index in [2.05, 4.69) is 17.2 Å². The molecule has 0 saturated carbocycles. The number of hydrogen-bond acceptors (Lipinski definition) is 8. The number of halogens is 1. The Morgan fingerprint density at radius 3 is 2.10 bits per heavy atom. The van der Waals surface area contributed by atoms with Crippen LogP contribution in [0, 0.1) is 5.82 Å². The minimum absolute atomic E-state index is 0.00378. The summed E-state index contributed by atoms with van der Waals surface area (Å²) in [4.78, 5) is 66.9. The number of esters is 1. The highest BCUT2D eigenvalue weighted by molar-refractivity contribution is 5.96. The van der Waals surface area contributed by atoms with E-state index in [1.807, 2.05) is 0 Å². The van der Waals surface area contributed by atoms with Gasteiger partial charge in [0.15, 0.2) is 11.6 Å². The molecule has 42 heavy (non-hydrogen) atoms. The van der Waals surface area contributed by atoms with Gasteiger partial charge in [-0.05, 0) is 59.2 Å². The lowest BCUT2D eigenvalue weighted by Gasteiger charge is -2.35. The first-order chi connectivity index (χ1) is 19.3. The highest BCUT2D eigenvalue weighted by Crippen LogP contribution is 2.21. The maximum absolute atomic E-state index is 14.4. The van der Waals surface area contributed by atoms with Crippen LogP contribution in [0.4, 0.5) is 9.18 Å². The molecular weight excluding hydrogens is 551 g/mol. The molecule has 4 amide bonds. The summed E-state index contributed by atoms with van der Waals surface area (Å²) in [5, 5.41) is 4.97. The van der Waals surface area contributed by atoms with E-state index in [1.165, 1.54) is 67.3 Å². The molecule has 13 heteroatoms. The van der Waals surface area contributed by atoms with E-state index in [4.69, 9.17) is 14.2 Å². The smallest absolute Gasteiger partial charge is 0.408 e. The predicted molar refractivity (Wildman–Crippen MR) is 153 cm³/mol. The molecule has 4 atom stereocenters. The predicted octanol–water partition coefficient (Wildman–Crippen LogP) is 2.20. The van der Waals surface area contributed by atoms with Gasteiger partial charge in [-0.15, -0.1) is 6.58 Å². The van der Waals surface area contributed by atoms with Crippen molar-refractivity contribution in [3.8, 4) is 5.75 Å². The summed E-state index contributed by atoms with van der Waals surface area (Å²) in [6.07, 6.45) is 0.211. The Hall–Kier alpha value is -4.16. The van der Waals surface area contributed by atoms with Crippen molar-refractivity contribution in [2.24, 2.45) is 0 Å². The van der Waals surface area contributed by atoms with E-state index in [9.17, 15) is 28.4 Å². The Bertz CT molecular complexity index is 1180. The Morgan fingerprint density at radius 2 is 1.62 bits per heavy atom. The summed E-state index contributed by atoms with van der Waals surface area (Å²) < 4.78 is 29.3. The quantitative estimate of drug-likeness (QED) is 0.277. The average Bonchev–Trinajstić information content (AvgIpc) is 2.92. The van der Waals surface area contributed by atoms with Crippen LogP contribution in [0.25, 0.3) is 0 Å². The monoisotopic (exact) mass is 594 g/mol. The molecule has 0 bridgehead atoms. The number of amides is 4. The lowest BCUT2D eigenvalue weighted by Crippen LogP contribution is -2.61. The van der Waals surface area contributed by atoms with Crippen LogP contribution in [0.15, 0.2) is 30.9 Å². The lowest BCUT2D eigenvalue weighted by molar-refractivity contribution is -0.154. The van der Waals surface area contributed by atoms with Gasteiger partial charge in [0.1, 0.15) is 29.3 Å². The zero-order valence-corrected chi connectivity index (χ0v) is 26.0. The largest absolute Gasteiger partial charge is 0.494 e. The molecule has 1 aromatic rings. The number of alkyl carbamates (subject to hydrolysis) is 1. The summed E-state index contributed by atoms with van der Waals surface area (Å²) in [5.74, 6) is -3.37. The van der Waals surface area contributed by atoms with Crippen LogP contribution in [0.2, 0.25) is 0 Å². The molecule has 0 radical (unpaired) electrons. The van der Waals surface area contributed by atoms with Crippen molar-refractivity contribution < 1.29 is 42.6 Å². The third-order valence-corrected chi connectivity index (χ3v) is 6.57. The maximum atomic E-state index is 14.4. The Balaban J connectivity index is 3.27. The molecular formula is C29H43FN4O8. The van der Waals surface area contributed by atoms with Crippen molar-refractivity contribution in [1.29, 1.82) is 0 Å². The Labute approximate surface area is 246 Å². The van der Waals surface area contributed by atoms with Gasteiger partial charge >= 0.3 is 12.1 Å². The van der Waals surface area contributed by atoms with Crippen LogP contribution < -0.4 is 15.4 Å².